The molecular weight excluding hydrogens is 458 g/mol. The Bertz CT molecular complexity index is 1500. The van der Waals surface area contributed by atoms with Gasteiger partial charge in [-0.3, -0.25) is 4.99 Å². The van der Waals surface area contributed by atoms with Crippen molar-refractivity contribution in [2.45, 2.75) is 12.1 Å². The highest BCUT2D eigenvalue weighted by Gasteiger charge is 2.41. The van der Waals surface area contributed by atoms with Crippen molar-refractivity contribution >= 4 is 54.8 Å². The van der Waals surface area contributed by atoms with Crippen LogP contribution in [0.4, 0.5) is 5.69 Å². The largest absolute Gasteiger partial charge is 0.301 e. The van der Waals surface area contributed by atoms with Crippen LogP contribution < -0.4 is 0 Å². The third-order valence-corrected chi connectivity index (χ3v) is 7.42. The quantitative estimate of drug-likeness (QED) is 0.279. The lowest BCUT2D eigenvalue weighted by atomic mass is 9.93. The Morgan fingerprint density at radius 3 is 2.06 bits per heavy atom. The molecule has 152 valence electrons. The van der Waals surface area contributed by atoms with Crippen LogP contribution in [0.15, 0.2) is 112 Å². The first-order chi connectivity index (χ1) is 15.8. The lowest BCUT2D eigenvalue weighted by molar-refractivity contribution is 0.514. The molecule has 0 saturated carbocycles. The van der Waals surface area contributed by atoms with E-state index in [0.717, 1.165) is 33.0 Å². The number of halogens is 1. The maximum absolute atomic E-state index is 5.27. The van der Waals surface area contributed by atoms with Crippen molar-refractivity contribution in [3.05, 3.63) is 113 Å². The van der Waals surface area contributed by atoms with Crippen LogP contribution in [-0.4, -0.2) is 28.7 Å². The van der Waals surface area contributed by atoms with Gasteiger partial charge in [-0.15, -0.1) is 0 Å². The predicted octanol–water partition coefficient (Wildman–Crippen LogP) is 6.77. The Labute approximate surface area is 194 Å². The van der Waals surface area contributed by atoms with Crippen LogP contribution in [0.1, 0.15) is 11.1 Å². The molecule has 4 aromatic carbocycles. The number of aliphatic imine (C=N–C) groups is 2. The summed E-state index contributed by atoms with van der Waals surface area (Å²) in [5.41, 5.74) is 3.23. The van der Waals surface area contributed by atoms with Gasteiger partial charge in [-0.2, -0.15) is 0 Å². The number of para-hydroxylation sites is 1. The van der Waals surface area contributed by atoms with Crippen LogP contribution in [0.25, 0.3) is 21.5 Å². The number of fused-ring (bicyclic) bond motifs is 7. The molecule has 4 heteroatoms. The summed E-state index contributed by atoms with van der Waals surface area (Å²) >= 11 is 3.88. The fourth-order valence-electron chi connectivity index (χ4n) is 5.15. The zero-order valence-electron chi connectivity index (χ0n) is 17.1. The number of allylic oxidation sites excluding steroid dienone is 2. The Morgan fingerprint density at radius 1 is 0.688 bits per heavy atom. The predicted molar refractivity (Wildman–Crippen MR) is 136 cm³/mol. The maximum atomic E-state index is 5.27. The minimum absolute atomic E-state index is 0.0966. The number of hydrogen-bond donors (Lipinski definition) is 0. The monoisotopic (exact) mass is 475 g/mol. The molecule has 0 saturated heterocycles. The molecule has 0 bridgehead atoms. The van der Waals surface area contributed by atoms with Crippen LogP contribution in [0.5, 0.6) is 0 Å². The van der Waals surface area contributed by atoms with Gasteiger partial charge in [0, 0.05) is 15.6 Å². The first-order valence-corrected chi connectivity index (χ1v) is 11.6. The van der Waals surface area contributed by atoms with Gasteiger partial charge in [-0.25, -0.2) is 4.99 Å². The third kappa shape index (κ3) is 2.41. The van der Waals surface area contributed by atoms with Crippen molar-refractivity contribution in [2.75, 3.05) is 0 Å². The molecule has 32 heavy (non-hydrogen) atoms. The van der Waals surface area contributed by atoms with Gasteiger partial charge in [0.15, 0.2) is 0 Å². The second-order valence-electron chi connectivity index (χ2n) is 8.31. The molecule has 4 aromatic rings. The van der Waals surface area contributed by atoms with Crippen LogP contribution in [0, 0.1) is 0 Å². The highest BCUT2D eigenvalue weighted by molar-refractivity contribution is 9.10. The molecule has 2 aliphatic heterocycles. The Hall–Kier alpha value is -3.50. The minimum Gasteiger partial charge on any atom is -0.301 e. The molecule has 3 nitrogen and oxygen atoms in total. The van der Waals surface area contributed by atoms with Gasteiger partial charge < -0.3 is 4.90 Å². The molecule has 0 aromatic heterocycles. The molecule has 0 fully saturated rings. The van der Waals surface area contributed by atoms with Crippen molar-refractivity contribution in [3.63, 3.8) is 0 Å². The van der Waals surface area contributed by atoms with Gasteiger partial charge in [0.05, 0.1) is 17.8 Å². The molecular formula is C28H18BrN3. The lowest BCUT2D eigenvalue weighted by Crippen LogP contribution is -2.45. The molecule has 2 unspecified atom stereocenters. The van der Waals surface area contributed by atoms with Crippen LogP contribution >= 0.6 is 15.9 Å². The van der Waals surface area contributed by atoms with Crippen molar-refractivity contribution < 1.29 is 0 Å². The number of hydrogen-bond acceptors (Lipinski definition) is 3. The number of nitrogens with zero attached hydrogens (tertiary/aromatic N) is 3. The standard InChI is InChI=1S/C28H18BrN3/c29-26-19-11-3-1-9-17(19)25(18-10-2-4-12-20(18)26)28-30-22-14-6-5-13-21(22)27-31-23-15-7-8-16-24(23)32(27)28/h1-16,23-24H. The van der Waals surface area contributed by atoms with Gasteiger partial charge >= 0.3 is 0 Å². The highest BCUT2D eigenvalue weighted by Crippen LogP contribution is 2.41. The molecule has 2 heterocycles. The van der Waals surface area contributed by atoms with Crippen LogP contribution in [-0.2, 0) is 0 Å². The van der Waals surface area contributed by atoms with Gasteiger partial charge in [0.25, 0.3) is 0 Å². The average Bonchev–Trinajstić information content (AvgIpc) is 3.24. The van der Waals surface area contributed by atoms with Crippen molar-refractivity contribution in [1.82, 2.24) is 4.90 Å². The Morgan fingerprint density at radius 2 is 1.31 bits per heavy atom. The molecule has 0 radical (unpaired) electrons. The lowest BCUT2D eigenvalue weighted by Gasteiger charge is -2.34. The smallest absolute Gasteiger partial charge is 0.144 e. The topological polar surface area (TPSA) is 28.0 Å². The van der Waals surface area contributed by atoms with Gasteiger partial charge in [-0.05, 0) is 49.6 Å². The Balaban J connectivity index is 1.61. The van der Waals surface area contributed by atoms with E-state index in [9.17, 15) is 0 Å². The summed E-state index contributed by atoms with van der Waals surface area (Å²) in [7, 11) is 0. The van der Waals surface area contributed by atoms with E-state index in [-0.39, 0.29) is 12.1 Å². The molecule has 0 spiro atoms. The van der Waals surface area contributed by atoms with E-state index in [1.54, 1.807) is 0 Å². The fraction of sp³-hybridized carbons (Fsp3) is 0.0714. The van der Waals surface area contributed by atoms with E-state index in [2.05, 4.69) is 118 Å². The number of amidine groups is 2. The average molecular weight is 476 g/mol. The maximum Gasteiger partial charge on any atom is 0.144 e. The molecule has 0 amide bonds. The third-order valence-electron chi connectivity index (χ3n) is 6.56. The zero-order chi connectivity index (χ0) is 21.2. The second kappa shape index (κ2) is 6.75. The van der Waals surface area contributed by atoms with Crippen LogP contribution in [0.2, 0.25) is 0 Å². The number of benzene rings is 4. The first kappa shape index (κ1) is 18.1. The minimum atomic E-state index is 0.0966. The SMILES string of the molecule is Brc1c2ccccc2c(C2=Nc3ccccc3C3=NC4C=CC=CC4N32)c2ccccc12. The molecule has 2 atom stereocenters. The second-order valence-corrected chi connectivity index (χ2v) is 9.10. The summed E-state index contributed by atoms with van der Waals surface area (Å²) < 4.78 is 1.12. The summed E-state index contributed by atoms with van der Waals surface area (Å²) in [6.07, 6.45) is 8.65. The molecule has 0 N–H and O–H groups in total. The number of rotatable bonds is 1. The van der Waals surface area contributed by atoms with E-state index in [1.807, 2.05) is 0 Å². The summed E-state index contributed by atoms with van der Waals surface area (Å²) in [5, 5.41) is 4.76. The first-order valence-electron chi connectivity index (χ1n) is 10.8. The van der Waals surface area contributed by atoms with Crippen molar-refractivity contribution in [2.24, 2.45) is 9.98 Å². The van der Waals surface area contributed by atoms with E-state index in [0.29, 0.717) is 0 Å². The Kier molecular flexibility index (Phi) is 3.82. The summed E-state index contributed by atoms with van der Waals surface area (Å²) in [5.74, 6) is 1.97. The molecule has 1 aliphatic carbocycles. The van der Waals surface area contributed by atoms with Crippen LogP contribution in [0.3, 0.4) is 0 Å². The highest BCUT2D eigenvalue weighted by atomic mass is 79.9. The zero-order valence-corrected chi connectivity index (χ0v) is 18.7. The normalized spacial score (nSPS) is 20.7. The molecule has 3 aliphatic rings. The summed E-state index contributed by atoms with van der Waals surface area (Å²) in [4.78, 5) is 12.8. The van der Waals surface area contributed by atoms with Gasteiger partial charge in [0.1, 0.15) is 11.7 Å². The van der Waals surface area contributed by atoms with Gasteiger partial charge in [-0.1, -0.05) is 85.0 Å². The van der Waals surface area contributed by atoms with Crippen molar-refractivity contribution in [3.8, 4) is 0 Å². The van der Waals surface area contributed by atoms with E-state index in [4.69, 9.17) is 9.98 Å². The van der Waals surface area contributed by atoms with Crippen molar-refractivity contribution in [1.29, 1.82) is 0 Å². The summed E-state index contributed by atoms with van der Waals surface area (Å²) in [6.45, 7) is 0. The summed E-state index contributed by atoms with van der Waals surface area (Å²) in [6, 6.07) is 25.7. The van der Waals surface area contributed by atoms with Gasteiger partial charge in [0.2, 0.25) is 0 Å². The van der Waals surface area contributed by atoms with E-state index >= 15 is 0 Å². The van der Waals surface area contributed by atoms with E-state index in [1.165, 1.54) is 21.5 Å². The van der Waals surface area contributed by atoms with E-state index < -0.39 is 0 Å². The molecule has 7 rings (SSSR count). The fourth-order valence-corrected chi connectivity index (χ4v) is 5.84.